The zero-order valence-corrected chi connectivity index (χ0v) is 11.5. The predicted octanol–water partition coefficient (Wildman–Crippen LogP) is 2.39. The summed E-state index contributed by atoms with van der Waals surface area (Å²) >= 11 is 0. The number of benzene rings is 1. The third kappa shape index (κ3) is 4.02. The fourth-order valence-electron chi connectivity index (χ4n) is 2.05. The normalized spacial score (nSPS) is 10.9. The lowest BCUT2D eigenvalue weighted by Crippen LogP contribution is -2.23. The molecule has 0 atom stereocenters. The molecule has 0 unspecified atom stereocenters. The van der Waals surface area contributed by atoms with Crippen molar-refractivity contribution in [2.75, 3.05) is 34.5 Å². The van der Waals surface area contributed by atoms with E-state index < -0.39 is 0 Å². The Morgan fingerprint density at radius 2 is 1.88 bits per heavy atom. The molecule has 96 valence electrons. The van der Waals surface area contributed by atoms with Crippen molar-refractivity contribution in [1.82, 2.24) is 4.90 Å². The molecule has 0 bridgehead atoms. The molecule has 0 aromatic heterocycles. The van der Waals surface area contributed by atoms with Crippen LogP contribution in [0.4, 0.5) is 0 Å². The third-order valence-electron chi connectivity index (χ3n) is 2.89. The maximum atomic E-state index is 5.45. The molecule has 0 aliphatic carbocycles. The Kier molecular flexibility index (Phi) is 5.45. The van der Waals surface area contributed by atoms with Crippen LogP contribution in [0.3, 0.4) is 0 Å². The third-order valence-corrected chi connectivity index (χ3v) is 2.89. The molecule has 0 heterocycles. The molecular formula is C14H23NO2. The Balaban J connectivity index is 2.76. The molecular weight excluding hydrogens is 214 g/mol. The van der Waals surface area contributed by atoms with Crippen molar-refractivity contribution in [2.45, 2.75) is 20.3 Å². The van der Waals surface area contributed by atoms with Crippen LogP contribution in [0.5, 0.6) is 5.75 Å². The highest BCUT2D eigenvalue weighted by molar-refractivity contribution is 5.43. The number of hydrogen-bond donors (Lipinski definition) is 0. The van der Waals surface area contributed by atoms with Gasteiger partial charge in [-0.15, -0.1) is 0 Å². The second kappa shape index (κ2) is 6.62. The number of nitrogens with zero attached hydrogens (tertiary/aromatic N) is 1. The Labute approximate surface area is 104 Å². The van der Waals surface area contributed by atoms with Gasteiger partial charge in [-0.3, -0.25) is 4.90 Å². The summed E-state index contributed by atoms with van der Waals surface area (Å²) in [6.07, 6.45) is 0.981. The highest BCUT2D eigenvalue weighted by Gasteiger charge is 2.08. The largest absolute Gasteiger partial charge is 0.496 e. The van der Waals surface area contributed by atoms with E-state index in [1.54, 1.807) is 14.2 Å². The SMILES string of the molecule is COCN(C)CCc1c(C)cc(C)cc1OC. The molecule has 3 nitrogen and oxygen atoms in total. The lowest BCUT2D eigenvalue weighted by atomic mass is 10.0. The fourth-order valence-corrected chi connectivity index (χ4v) is 2.05. The lowest BCUT2D eigenvalue weighted by molar-refractivity contribution is 0.0826. The van der Waals surface area contributed by atoms with Gasteiger partial charge in [-0.05, 0) is 50.1 Å². The van der Waals surface area contributed by atoms with Crippen LogP contribution in [0.1, 0.15) is 16.7 Å². The zero-order valence-electron chi connectivity index (χ0n) is 11.5. The van der Waals surface area contributed by atoms with Crippen LogP contribution < -0.4 is 4.74 Å². The first-order valence-electron chi connectivity index (χ1n) is 5.90. The van der Waals surface area contributed by atoms with Gasteiger partial charge in [0.25, 0.3) is 0 Å². The van der Waals surface area contributed by atoms with Gasteiger partial charge in [0, 0.05) is 13.7 Å². The summed E-state index contributed by atoms with van der Waals surface area (Å²) in [5.74, 6) is 0.994. The summed E-state index contributed by atoms with van der Waals surface area (Å²) in [5.41, 5.74) is 3.84. The van der Waals surface area contributed by atoms with Gasteiger partial charge in [0.2, 0.25) is 0 Å². The molecule has 1 aromatic carbocycles. The fraction of sp³-hybridized carbons (Fsp3) is 0.571. The van der Waals surface area contributed by atoms with E-state index in [0.29, 0.717) is 6.73 Å². The van der Waals surface area contributed by atoms with Gasteiger partial charge in [0.1, 0.15) is 5.75 Å². The molecule has 0 radical (unpaired) electrons. The van der Waals surface area contributed by atoms with Gasteiger partial charge in [0.05, 0.1) is 13.8 Å². The molecule has 3 heteroatoms. The first-order valence-corrected chi connectivity index (χ1v) is 5.90. The van der Waals surface area contributed by atoms with E-state index in [0.717, 1.165) is 18.7 Å². The number of likely N-dealkylation sites (N-methyl/N-ethyl adjacent to an activating group) is 1. The minimum absolute atomic E-state index is 0.660. The molecule has 0 aliphatic rings. The lowest BCUT2D eigenvalue weighted by Gasteiger charge is -2.18. The molecule has 0 amide bonds. The number of aryl methyl sites for hydroxylation is 2. The Morgan fingerprint density at radius 1 is 1.18 bits per heavy atom. The maximum absolute atomic E-state index is 5.45. The van der Waals surface area contributed by atoms with Crippen molar-refractivity contribution in [2.24, 2.45) is 0 Å². The second-order valence-corrected chi connectivity index (χ2v) is 4.51. The van der Waals surface area contributed by atoms with Crippen LogP contribution in [0.25, 0.3) is 0 Å². The first kappa shape index (κ1) is 14.0. The molecule has 1 rings (SSSR count). The topological polar surface area (TPSA) is 21.7 Å². The average Bonchev–Trinajstić information content (AvgIpc) is 2.27. The van der Waals surface area contributed by atoms with E-state index in [1.165, 1.54) is 16.7 Å². The van der Waals surface area contributed by atoms with Crippen LogP contribution in [0.2, 0.25) is 0 Å². The summed E-state index contributed by atoms with van der Waals surface area (Å²) < 4.78 is 10.5. The van der Waals surface area contributed by atoms with Gasteiger partial charge in [-0.2, -0.15) is 0 Å². The zero-order chi connectivity index (χ0) is 12.8. The van der Waals surface area contributed by atoms with Crippen molar-refractivity contribution < 1.29 is 9.47 Å². The molecule has 0 fully saturated rings. The average molecular weight is 237 g/mol. The van der Waals surface area contributed by atoms with Crippen molar-refractivity contribution in [1.29, 1.82) is 0 Å². The molecule has 1 aromatic rings. The van der Waals surface area contributed by atoms with Crippen LogP contribution in [0.15, 0.2) is 12.1 Å². The highest BCUT2D eigenvalue weighted by Crippen LogP contribution is 2.24. The van der Waals surface area contributed by atoms with E-state index in [2.05, 4.69) is 37.9 Å². The summed E-state index contributed by atoms with van der Waals surface area (Å²) in [4.78, 5) is 2.15. The smallest absolute Gasteiger partial charge is 0.122 e. The number of rotatable bonds is 6. The van der Waals surface area contributed by atoms with Crippen LogP contribution in [-0.2, 0) is 11.2 Å². The Bertz CT molecular complexity index is 363. The molecule has 0 N–H and O–H groups in total. The van der Waals surface area contributed by atoms with Crippen molar-refractivity contribution in [3.63, 3.8) is 0 Å². The molecule has 0 spiro atoms. The van der Waals surface area contributed by atoms with E-state index in [4.69, 9.17) is 9.47 Å². The van der Waals surface area contributed by atoms with E-state index in [9.17, 15) is 0 Å². The van der Waals surface area contributed by atoms with Crippen LogP contribution >= 0.6 is 0 Å². The Hall–Kier alpha value is -1.06. The van der Waals surface area contributed by atoms with Gasteiger partial charge in [-0.25, -0.2) is 0 Å². The molecule has 17 heavy (non-hydrogen) atoms. The van der Waals surface area contributed by atoms with Crippen LogP contribution in [0, 0.1) is 13.8 Å². The quantitative estimate of drug-likeness (QED) is 0.709. The molecule has 0 aliphatic heterocycles. The van der Waals surface area contributed by atoms with Crippen molar-refractivity contribution >= 4 is 0 Å². The van der Waals surface area contributed by atoms with E-state index in [1.807, 2.05) is 0 Å². The molecule has 0 saturated carbocycles. The summed E-state index contributed by atoms with van der Waals surface area (Å²) in [6, 6.07) is 4.30. The summed E-state index contributed by atoms with van der Waals surface area (Å²) in [6.45, 7) is 5.86. The summed E-state index contributed by atoms with van der Waals surface area (Å²) in [5, 5.41) is 0. The van der Waals surface area contributed by atoms with Gasteiger partial charge in [-0.1, -0.05) is 6.07 Å². The minimum Gasteiger partial charge on any atom is -0.496 e. The van der Waals surface area contributed by atoms with Crippen LogP contribution in [-0.4, -0.2) is 39.4 Å². The number of hydrogen-bond acceptors (Lipinski definition) is 3. The van der Waals surface area contributed by atoms with Gasteiger partial charge < -0.3 is 9.47 Å². The van der Waals surface area contributed by atoms with Crippen molar-refractivity contribution in [3.8, 4) is 5.75 Å². The van der Waals surface area contributed by atoms with Crippen molar-refractivity contribution in [3.05, 3.63) is 28.8 Å². The van der Waals surface area contributed by atoms with E-state index >= 15 is 0 Å². The first-order chi connectivity index (χ1) is 8.08. The van der Waals surface area contributed by atoms with Gasteiger partial charge in [0.15, 0.2) is 0 Å². The standard InChI is InChI=1S/C14H23NO2/c1-11-8-12(2)13(14(9-11)17-5)6-7-15(3)10-16-4/h8-9H,6-7,10H2,1-5H3. The van der Waals surface area contributed by atoms with E-state index in [-0.39, 0.29) is 0 Å². The van der Waals surface area contributed by atoms with Gasteiger partial charge >= 0.3 is 0 Å². The Morgan fingerprint density at radius 3 is 2.47 bits per heavy atom. The predicted molar refractivity (Wildman–Crippen MR) is 70.7 cm³/mol. The minimum atomic E-state index is 0.660. The highest BCUT2D eigenvalue weighted by atomic mass is 16.5. The second-order valence-electron chi connectivity index (χ2n) is 4.51. The number of ether oxygens (including phenoxy) is 2. The monoisotopic (exact) mass is 237 g/mol. The summed E-state index contributed by atoms with van der Waals surface area (Å²) in [7, 11) is 5.50. The molecule has 0 saturated heterocycles. The number of methoxy groups -OCH3 is 2. The maximum Gasteiger partial charge on any atom is 0.122 e.